The fraction of sp³-hybridized carbons (Fsp3) is 0.889. The molecule has 0 unspecified atom stereocenters. The fourth-order valence-electron chi connectivity index (χ4n) is 0.904. The minimum absolute atomic E-state index is 0.107. The zero-order valence-electron chi connectivity index (χ0n) is 9.36. The van der Waals surface area contributed by atoms with Gasteiger partial charge >= 0.3 is 5.97 Å². The van der Waals surface area contributed by atoms with Gasteiger partial charge in [0.1, 0.15) is 0 Å². The number of unbranched alkanes of at least 4 members (excludes halogenated alkanes) is 1. The van der Waals surface area contributed by atoms with E-state index in [4.69, 9.17) is 4.74 Å². The molecule has 0 aromatic rings. The normalized spacial score (nSPS) is 11.7. The smallest absolute Gasteiger partial charge is 0.306 e. The highest BCUT2D eigenvalue weighted by molar-refractivity contribution is 7.85. The van der Waals surface area contributed by atoms with Crippen LogP contribution in [0.5, 0.6) is 0 Å². The van der Waals surface area contributed by atoms with Gasteiger partial charge in [-0.05, 0) is 26.7 Å². The van der Waals surface area contributed by atoms with Crippen LogP contribution in [0, 0.1) is 0 Å². The Morgan fingerprint density at radius 3 is 2.33 bits per heavy atom. The standard InChI is InChI=1S/C9H18O5S/c1-8(2)14-9(10)6-4-5-7-13-15(3,11)12/h8H,4-7H2,1-3H3. The zero-order valence-corrected chi connectivity index (χ0v) is 10.2. The van der Waals surface area contributed by atoms with Gasteiger partial charge in [0.2, 0.25) is 0 Å². The van der Waals surface area contributed by atoms with E-state index in [0.29, 0.717) is 19.3 Å². The molecule has 0 saturated carbocycles. The lowest BCUT2D eigenvalue weighted by Crippen LogP contribution is -2.11. The Balaban J connectivity index is 3.43. The number of esters is 1. The first kappa shape index (κ1) is 14.4. The summed E-state index contributed by atoms with van der Waals surface area (Å²) in [5.74, 6) is -0.260. The van der Waals surface area contributed by atoms with Crippen molar-refractivity contribution in [3.63, 3.8) is 0 Å². The van der Waals surface area contributed by atoms with Gasteiger partial charge in [0.05, 0.1) is 19.0 Å². The van der Waals surface area contributed by atoms with Crippen LogP contribution < -0.4 is 0 Å². The molecule has 0 heterocycles. The molecule has 0 fully saturated rings. The Hall–Kier alpha value is -0.620. The van der Waals surface area contributed by atoms with Crippen molar-refractivity contribution in [3.8, 4) is 0 Å². The molecule has 0 aliphatic rings. The lowest BCUT2D eigenvalue weighted by atomic mass is 10.2. The molecule has 0 aliphatic carbocycles. The third-order valence-electron chi connectivity index (χ3n) is 1.44. The predicted molar refractivity (Wildman–Crippen MR) is 55.9 cm³/mol. The van der Waals surface area contributed by atoms with E-state index in [1.165, 1.54) is 0 Å². The van der Waals surface area contributed by atoms with E-state index < -0.39 is 10.1 Å². The van der Waals surface area contributed by atoms with E-state index in [0.717, 1.165) is 6.26 Å². The Morgan fingerprint density at radius 2 is 1.87 bits per heavy atom. The van der Waals surface area contributed by atoms with E-state index in [1.54, 1.807) is 13.8 Å². The molecule has 0 aliphatic heterocycles. The summed E-state index contributed by atoms with van der Waals surface area (Å²) >= 11 is 0. The Labute approximate surface area is 90.9 Å². The van der Waals surface area contributed by atoms with Gasteiger partial charge in [0.15, 0.2) is 0 Å². The Morgan fingerprint density at radius 1 is 1.27 bits per heavy atom. The first-order valence-corrected chi connectivity index (χ1v) is 6.67. The second kappa shape index (κ2) is 6.79. The summed E-state index contributed by atoms with van der Waals surface area (Å²) in [4.78, 5) is 11.0. The summed E-state index contributed by atoms with van der Waals surface area (Å²) in [6.45, 7) is 3.68. The molecule has 6 heteroatoms. The van der Waals surface area contributed by atoms with Gasteiger partial charge in [0.25, 0.3) is 10.1 Å². The van der Waals surface area contributed by atoms with Gasteiger partial charge in [-0.25, -0.2) is 0 Å². The van der Waals surface area contributed by atoms with Crippen molar-refractivity contribution in [2.45, 2.75) is 39.2 Å². The lowest BCUT2D eigenvalue weighted by molar-refractivity contribution is -0.147. The molecular formula is C9H18O5S. The van der Waals surface area contributed by atoms with Crippen molar-refractivity contribution in [2.75, 3.05) is 12.9 Å². The largest absolute Gasteiger partial charge is 0.463 e. The third kappa shape index (κ3) is 11.3. The number of carbonyl (C=O) groups is 1. The van der Waals surface area contributed by atoms with Gasteiger partial charge in [-0.1, -0.05) is 0 Å². The van der Waals surface area contributed by atoms with E-state index in [2.05, 4.69) is 4.18 Å². The zero-order chi connectivity index (χ0) is 11.9. The number of rotatable bonds is 7. The highest BCUT2D eigenvalue weighted by Crippen LogP contribution is 2.01. The molecule has 0 N–H and O–H groups in total. The van der Waals surface area contributed by atoms with E-state index in [-0.39, 0.29) is 18.7 Å². The predicted octanol–water partition coefficient (Wildman–Crippen LogP) is 1.08. The van der Waals surface area contributed by atoms with Crippen molar-refractivity contribution in [2.24, 2.45) is 0 Å². The van der Waals surface area contributed by atoms with Crippen LogP contribution in [-0.4, -0.2) is 33.4 Å². The summed E-state index contributed by atoms with van der Waals surface area (Å²) in [5.41, 5.74) is 0. The maximum absolute atomic E-state index is 11.0. The average molecular weight is 238 g/mol. The maximum Gasteiger partial charge on any atom is 0.306 e. The van der Waals surface area contributed by atoms with E-state index in [1.807, 2.05) is 0 Å². The highest BCUT2D eigenvalue weighted by atomic mass is 32.2. The third-order valence-corrected chi connectivity index (χ3v) is 2.03. The SMILES string of the molecule is CC(C)OC(=O)CCCCOS(C)(=O)=O. The summed E-state index contributed by atoms with van der Waals surface area (Å²) < 4.78 is 30.5. The minimum Gasteiger partial charge on any atom is -0.463 e. The molecule has 0 amide bonds. The van der Waals surface area contributed by atoms with Crippen molar-refractivity contribution < 1.29 is 22.1 Å². The molecule has 0 bridgehead atoms. The Bertz CT molecular complexity index is 281. The van der Waals surface area contributed by atoms with Gasteiger partial charge < -0.3 is 4.74 Å². The Kier molecular flexibility index (Phi) is 6.51. The quantitative estimate of drug-likeness (QED) is 0.377. The number of ether oxygens (including phenoxy) is 1. The number of hydrogen-bond acceptors (Lipinski definition) is 5. The second-order valence-electron chi connectivity index (χ2n) is 3.52. The average Bonchev–Trinajstić information content (AvgIpc) is 1.99. The van der Waals surface area contributed by atoms with Crippen LogP contribution in [0.1, 0.15) is 33.1 Å². The molecule has 0 spiro atoms. The van der Waals surface area contributed by atoms with Crippen LogP contribution in [0.3, 0.4) is 0 Å². The van der Waals surface area contributed by atoms with Gasteiger partial charge in [0, 0.05) is 6.42 Å². The molecule has 0 aromatic heterocycles. The van der Waals surface area contributed by atoms with Crippen LogP contribution in [0.2, 0.25) is 0 Å². The van der Waals surface area contributed by atoms with Crippen molar-refractivity contribution >= 4 is 16.1 Å². The van der Waals surface area contributed by atoms with Gasteiger partial charge in [-0.2, -0.15) is 8.42 Å². The van der Waals surface area contributed by atoms with Crippen LogP contribution in [0.15, 0.2) is 0 Å². The molecule has 5 nitrogen and oxygen atoms in total. The molecule has 0 saturated heterocycles. The van der Waals surface area contributed by atoms with Crippen LogP contribution in [0.25, 0.3) is 0 Å². The number of carbonyl (C=O) groups excluding carboxylic acids is 1. The molecule has 0 aromatic carbocycles. The summed E-state index contributed by atoms with van der Waals surface area (Å²) in [6, 6.07) is 0. The van der Waals surface area contributed by atoms with Gasteiger partial charge in [-0.3, -0.25) is 8.98 Å². The first-order chi connectivity index (χ1) is 6.81. The van der Waals surface area contributed by atoms with Crippen LogP contribution in [-0.2, 0) is 23.8 Å². The molecule has 0 rings (SSSR count). The van der Waals surface area contributed by atoms with Crippen molar-refractivity contribution in [3.05, 3.63) is 0 Å². The summed E-state index contributed by atoms with van der Waals surface area (Å²) in [5, 5.41) is 0. The molecule has 90 valence electrons. The van der Waals surface area contributed by atoms with Gasteiger partial charge in [-0.15, -0.1) is 0 Å². The molecular weight excluding hydrogens is 220 g/mol. The summed E-state index contributed by atoms with van der Waals surface area (Å²) in [6.07, 6.45) is 2.29. The van der Waals surface area contributed by atoms with Crippen LogP contribution in [0.4, 0.5) is 0 Å². The monoisotopic (exact) mass is 238 g/mol. The topological polar surface area (TPSA) is 69.7 Å². The second-order valence-corrected chi connectivity index (χ2v) is 5.17. The van der Waals surface area contributed by atoms with Crippen LogP contribution >= 0.6 is 0 Å². The van der Waals surface area contributed by atoms with Crippen molar-refractivity contribution in [1.29, 1.82) is 0 Å². The summed E-state index contributed by atoms with van der Waals surface area (Å²) in [7, 11) is -3.36. The minimum atomic E-state index is -3.36. The highest BCUT2D eigenvalue weighted by Gasteiger charge is 2.05. The lowest BCUT2D eigenvalue weighted by Gasteiger charge is -2.07. The maximum atomic E-state index is 11.0. The molecule has 0 radical (unpaired) electrons. The fourth-order valence-corrected chi connectivity index (χ4v) is 1.32. The molecule has 15 heavy (non-hydrogen) atoms. The molecule has 0 atom stereocenters. The van der Waals surface area contributed by atoms with E-state index in [9.17, 15) is 13.2 Å². The first-order valence-electron chi connectivity index (χ1n) is 4.85. The van der Waals surface area contributed by atoms with Crippen molar-refractivity contribution in [1.82, 2.24) is 0 Å². The number of hydrogen-bond donors (Lipinski definition) is 0. The van der Waals surface area contributed by atoms with E-state index >= 15 is 0 Å².